The first-order valence-electron chi connectivity index (χ1n) is 8.83. The fraction of sp³-hybridized carbons (Fsp3) is 0.350. The molecular weight excluding hydrogens is 362 g/mol. The van der Waals surface area contributed by atoms with Gasteiger partial charge in [0, 0.05) is 34.2 Å². The molecule has 0 aliphatic carbocycles. The Kier molecular flexibility index (Phi) is 6.98. The lowest BCUT2D eigenvalue weighted by Crippen LogP contribution is -2.36. The zero-order valence-electron chi connectivity index (χ0n) is 16.3. The predicted molar refractivity (Wildman–Crippen MR) is 107 cm³/mol. The van der Waals surface area contributed by atoms with Crippen LogP contribution in [0.5, 0.6) is 0 Å². The molecule has 0 radical (unpaired) electrons. The van der Waals surface area contributed by atoms with Gasteiger partial charge < -0.3 is 10.2 Å². The summed E-state index contributed by atoms with van der Waals surface area (Å²) in [7, 11) is 1.13. The van der Waals surface area contributed by atoms with Crippen LogP contribution in [0.4, 0.5) is 4.79 Å². The van der Waals surface area contributed by atoms with Crippen LogP contribution in [0, 0.1) is 0 Å². The lowest BCUT2D eigenvalue weighted by atomic mass is 10.1. The molecule has 0 saturated carbocycles. The van der Waals surface area contributed by atoms with E-state index in [1.807, 2.05) is 12.1 Å². The Balaban J connectivity index is 2.03. The van der Waals surface area contributed by atoms with Gasteiger partial charge in [-0.1, -0.05) is 49.4 Å². The summed E-state index contributed by atoms with van der Waals surface area (Å²) < 4.78 is 26.0. The molecule has 0 aromatic heterocycles. The molecule has 0 heterocycles. The highest BCUT2D eigenvalue weighted by Gasteiger charge is 2.21. The standard InChI is InChI=1S/C20H27N3O3S/c1-5-16-10-12-17(13-11-16)15-23(4)20(24)21-14-18-8-6-7-9-19(18)27(25,26)22(2)3/h6-13H,5,14-15H2,1-4H3,(H,21,24). The first kappa shape index (κ1) is 20.9. The van der Waals surface area contributed by atoms with Crippen molar-refractivity contribution in [3.8, 4) is 0 Å². The molecule has 0 atom stereocenters. The zero-order valence-corrected chi connectivity index (χ0v) is 17.1. The molecule has 0 fully saturated rings. The number of hydrogen-bond donors (Lipinski definition) is 1. The fourth-order valence-corrected chi connectivity index (χ4v) is 3.75. The third-order valence-electron chi connectivity index (χ3n) is 4.36. The Labute approximate surface area is 161 Å². The Bertz CT molecular complexity index is 878. The van der Waals surface area contributed by atoms with Crippen molar-refractivity contribution in [1.82, 2.24) is 14.5 Å². The number of amides is 2. The molecule has 2 rings (SSSR count). The molecule has 2 aromatic rings. The molecule has 6 nitrogen and oxygen atoms in total. The van der Waals surface area contributed by atoms with Gasteiger partial charge in [-0.15, -0.1) is 0 Å². The van der Waals surface area contributed by atoms with Crippen molar-refractivity contribution < 1.29 is 13.2 Å². The number of sulfonamides is 1. The molecule has 0 spiro atoms. The third-order valence-corrected chi connectivity index (χ3v) is 6.27. The highest BCUT2D eigenvalue weighted by atomic mass is 32.2. The second-order valence-electron chi connectivity index (χ2n) is 6.58. The SMILES string of the molecule is CCc1ccc(CN(C)C(=O)NCc2ccccc2S(=O)(=O)N(C)C)cc1. The summed E-state index contributed by atoms with van der Waals surface area (Å²) >= 11 is 0. The summed E-state index contributed by atoms with van der Waals surface area (Å²) in [5.74, 6) is 0. The van der Waals surface area contributed by atoms with Gasteiger partial charge in [-0.2, -0.15) is 0 Å². The largest absolute Gasteiger partial charge is 0.334 e. The van der Waals surface area contributed by atoms with Gasteiger partial charge in [0.05, 0.1) is 4.90 Å². The first-order chi connectivity index (χ1) is 12.8. The minimum Gasteiger partial charge on any atom is -0.334 e. The monoisotopic (exact) mass is 389 g/mol. The van der Waals surface area contributed by atoms with Crippen LogP contribution in [0.15, 0.2) is 53.4 Å². The quantitative estimate of drug-likeness (QED) is 0.792. The highest BCUT2D eigenvalue weighted by molar-refractivity contribution is 7.89. The average molecular weight is 390 g/mol. The van der Waals surface area contributed by atoms with Gasteiger partial charge in [-0.3, -0.25) is 0 Å². The van der Waals surface area contributed by atoms with Gasteiger partial charge in [0.1, 0.15) is 0 Å². The van der Waals surface area contributed by atoms with Crippen LogP contribution < -0.4 is 5.32 Å². The number of carbonyl (C=O) groups excluding carboxylic acids is 1. The summed E-state index contributed by atoms with van der Waals surface area (Å²) in [4.78, 5) is 14.2. The number of nitrogens with zero attached hydrogens (tertiary/aromatic N) is 2. The predicted octanol–water partition coefficient (Wildman–Crippen LogP) is 2.84. The summed E-state index contributed by atoms with van der Waals surface area (Å²) in [6.07, 6.45) is 0.978. The van der Waals surface area contributed by atoms with Crippen LogP contribution in [0.2, 0.25) is 0 Å². The summed E-state index contributed by atoms with van der Waals surface area (Å²) in [5.41, 5.74) is 2.85. The summed E-state index contributed by atoms with van der Waals surface area (Å²) in [6, 6.07) is 14.6. The van der Waals surface area contributed by atoms with E-state index in [0.717, 1.165) is 12.0 Å². The molecule has 0 aliphatic rings. The Hall–Kier alpha value is -2.38. The topological polar surface area (TPSA) is 69.7 Å². The third kappa shape index (κ3) is 5.30. The lowest BCUT2D eigenvalue weighted by Gasteiger charge is -2.20. The van der Waals surface area contributed by atoms with Gasteiger partial charge in [0.2, 0.25) is 10.0 Å². The number of rotatable bonds is 7. The van der Waals surface area contributed by atoms with Crippen LogP contribution in [0.3, 0.4) is 0 Å². The van der Waals surface area contributed by atoms with Crippen molar-refractivity contribution in [2.45, 2.75) is 31.3 Å². The van der Waals surface area contributed by atoms with E-state index in [-0.39, 0.29) is 17.5 Å². The van der Waals surface area contributed by atoms with E-state index in [1.165, 1.54) is 24.0 Å². The van der Waals surface area contributed by atoms with Gasteiger partial charge in [-0.05, 0) is 29.2 Å². The molecule has 7 heteroatoms. The highest BCUT2D eigenvalue weighted by Crippen LogP contribution is 2.18. The van der Waals surface area contributed by atoms with Crippen molar-refractivity contribution in [2.75, 3.05) is 21.1 Å². The van der Waals surface area contributed by atoms with Crippen LogP contribution in [0.25, 0.3) is 0 Å². The van der Waals surface area contributed by atoms with Gasteiger partial charge in [0.15, 0.2) is 0 Å². The van der Waals surface area contributed by atoms with Crippen LogP contribution >= 0.6 is 0 Å². The van der Waals surface area contributed by atoms with Crippen LogP contribution in [-0.2, 0) is 29.5 Å². The maximum atomic E-state index is 12.4. The molecule has 0 unspecified atom stereocenters. The van der Waals surface area contributed by atoms with Gasteiger partial charge >= 0.3 is 6.03 Å². The van der Waals surface area contributed by atoms with Crippen molar-refractivity contribution in [3.05, 3.63) is 65.2 Å². The van der Waals surface area contributed by atoms with E-state index >= 15 is 0 Å². The van der Waals surface area contributed by atoms with E-state index in [4.69, 9.17) is 0 Å². The summed E-state index contributed by atoms with van der Waals surface area (Å²) in [6.45, 7) is 2.72. The van der Waals surface area contributed by atoms with Crippen LogP contribution in [-0.4, -0.2) is 44.8 Å². The Morgan fingerprint density at radius 3 is 2.15 bits per heavy atom. The van der Waals surface area contributed by atoms with Crippen molar-refractivity contribution in [1.29, 1.82) is 0 Å². The van der Waals surface area contributed by atoms with E-state index in [2.05, 4.69) is 24.4 Å². The zero-order chi connectivity index (χ0) is 20.0. The number of hydrogen-bond acceptors (Lipinski definition) is 3. The maximum absolute atomic E-state index is 12.4. The lowest BCUT2D eigenvalue weighted by molar-refractivity contribution is 0.206. The van der Waals surface area contributed by atoms with E-state index in [1.54, 1.807) is 36.2 Å². The van der Waals surface area contributed by atoms with Crippen molar-refractivity contribution >= 4 is 16.1 Å². The Morgan fingerprint density at radius 2 is 1.56 bits per heavy atom. The molecule has 0 saturated heterocycles. The van der Waals surface area contributed by atoms with E-state index in [0.29, 0.717) is 12.1 Å². The number of carbonyl (C=O) groups is 1. The molecular formula is C20H27N3O3S. The number of nitrogens with one attached hydrogen (secondary N) is 1. The smallest absolute Gasteiger partial charge is 0.317 e. The second kappa shape index (κ2) is 9.01. The molecule has 27 heavy (non-hydrogen) atoms. The van der Waals surface area contributed by atoms with Crippen molar-refractivity contribution in [3.63, 3.8) is 0 Å². The van der Waals surface area contributed by atoms with Gasteiger partial charge in [0.25, 0.3) is 0 Å². The maximum Gasteiger partial charge on any atom is 0.317 e. The number of urea groups is 1. The second-order valence-corrected chi connectivity index (χ2v) is 8.70. The summed E-state index contributed by atoms with van der Waals surface area (Å²) in [5, 5.41) is 2.80. The van der Waals surface area contributed by atoms with Gasteiger partial charge in [-0.25, -0.2) is 17.5 Å². The minimum atomic E-state index is -3.56. The fourth-order valence-electron chi connectivity index (χ4n) is 2.63. The molecule has 2 aromatic carbocycles. The number of aryl methyl sites for hydroxylation is 1. The molecule has 146 valence electrons. The first-order valence-corrected chi connectivity index (χ1v) is 10.3. The van der Waals surface area contributed by atoms with Crippen LogP contribution in [0.1, 0.15) is 23.6 Å². The number of benzene rings is 2. The van der Waals surface area contributed by atoms with E-state index < -0.39 is 10.0 Å². The molecule has 0 bridgehead atoms. The van der Waals surface area contributed by atoms with E-state index in [9.17, 15) is 13.2 Å². The molecule has 1 N–H and O–H groups in total. The minimum absolute atomic E-state index is 0.140. The Morgan fingerprint density at radius 1 is 0.963 bits per heavy atom. The molecule has 2 amide bonds. The normalized spacial score (nSPS) is 11.4. The molecule has 0 aliphatic heterocycles. The van der Waals surface area contributed by atoms with Crippen molar-refractivity contribution in [2.24, 2.45) is 0 Å². The average Bonchev–Trinajstić information content (AvgIpc) is 2.66.